The summed E-state index contributed by atoms with van der Waals surface area (Å²) in [6.07, 6.45) is 3.59. The first kappa shape index (κ1) is 13.5. The molecule has 0 heterocycles. The molecule has 0 bridgehead atoms. The summed E-state index contributed by atoms with van der Waals surface area (Å²) in [5.41, 5.74) is 1.33. The van der Waals surface area contributed by atoms with Gasteiger partial charge in [-0.3, -0.25) is 9.59 Å². The Hall–Kier alpha value is -1.61. The van der Waals surface area contributed by atoms with Crippen LogP contribution in [0, 0.1) is 0 Å². The average Bonchev–Trinajstić information content (AvgIpc) is 2.30. The van der Waals surface area contributed by atoms with E-state index in [1.54, 1.807) is 30.4 Å². The van der Waals surface area contributed by atoms with E-state index in [0.717, 1.165) is 5.56 Å². The number of methoxy groups -OCH3 is 1. The summed E-state index contributed by atoms with van der Waals surface area (Å²) in [5, 5.41) is 0.485. The zero-order valence-corrected chi connectivity index (χ0v) is 10.5. The van der Waals surface area contributed by atoms with Crippen LogP contribution in [0.2, 0.25) is 5.02 Å². The smallest absolute Gasteiger partial charge is 0.309 e. The Balaban J connectivity index is 2.79. The Morgan fingerprint density at radius 1 is 1.41 bits per heavy atom. The van der Waals surface area contributed by atoms with Crippen LogP contribution in [0.25, 0.3) is 6.08 Å². The van der Waals surface area contributed by atoms with Crippen LogP contribution in [0.4, 0.5) is 0 Å². The lowest BCUT2D eigenvalue weighted by Gasteiger charge is -2.01. The lowest BCUT2D eigenvalue weighted by Crippen LogP contribution is -1.96. The molecule has 0 aromatic heterocycles. The molecule has 0 saturated heterocycles. The van der Waals surface area contributed by atoms with Gasteiger partial charge in [-0.1, -0.05) is 35.9 Å². The Bertz CT molecular complexity index is 464. The summed E-state index contributed by atoms with van der Waals surface area (Å²) >= 11 is 6.00. The fourth-order valence-corrected chi connectivity index (χ4v) is 1.49. The third kappa shape index (κ3) is 4.04. The van der Waals surface area contributed by atoms with Gasteiger partial charge >= 0.3 is 5.97 Å². The quantitative estimate of drug-likeness (QED) is 0.611. The van der Waals surface area contributed by atoms with Crippen molar-refractivity contribution in [2.75, 3.05) is 7.11 Å². The van der Waals surface area contributed by atoms with Gasteiger partial charge in [0.1, 0.15) is 0 Å². The highest BCUT2D eigenvalue weighted by molar-refractivity contribution is 6.32. The van der Waals surface area contributed by atoms with Crippen molar-refractivity contribution in [3.05, 3.63) is 40.4 Å². The van der Waals surface area contributed by atoms with Crippen molar-refractivity contribution in [2.24, 2.45) is 0 Å². The molecule has 3 nitrogen and oxygen atoms in total. The highest BCUT2D eigenvalue weighted by Crippen LogP contribution is 2.19. The van der Waals surface area contributed by atoms with Crippen LogP contribution >= 0.6 is 11.6 Å². The minimum absolute atomic E-state index is 0.0306. The molecule has 1 rings (SSSR count). The number of carbonyl (C=O) groups excluding carboxylic acids is 2. The molecule has 0 fully saturated rings. The zero-order chi connectivity index (χ0) is 12.8. The van der Waals surface area contributed by atoms with E-state index < -0.39 is 0 Å². The second-order valence-electron chi connectivity index (χ2n) is 3.48. The summed E-state index contributed by atoms with van der Waals surface area (Å²) < 4.78 is 4.50. The molecule has 0 atom stereocenters. The van der Waals surface area contributed by atoms with Crippen molar-refractivity contribution in [3.8, 4) is 0 Å². The number of Topliss-reactive ketones (excluding diaryl/α,β-unsaturated/α-hetero) is 1. The van der Waals surface area contributed by atoms with E-state index in [9.17, 15) is 9.59 Å². The van der Waals surface area contributed by atoms with E-state index >= 15 is 0 Å². The summed E-state index contributed by atoms with van der Waals surface area (Å²) in [6, 6.07) is 5.06. The molecule has 17 heavy (non-hydrogen) atoms. The lowest BCUT2D eigenvalue weighted by molar-refractivity contribution is -0.139. The van der Waals surface area contributed by atoms with E-state index in [-0.39, 0.29) is 18.2 Å². The summed E-state index contributed by atoms with van der Waals surface area (Å²) in [4.78, 5) is 22.0. The van der Waals surface area contributed by atoms with Gasteiger partial charge in [0.05, 0.1) is 13.5 Å². The molecule has 90 valence electrons. The van der Waals surface area contributed by atoms with Crippen LogP contribution in [0.1, 0.15) is 29.3 Å². The molecule has 4 heteroatoms. The second-order valence-corrected chi connectivity index (χ2v) is 3.88. The maximum atomic E-state index is 11.1. The van der Waals surface area contributed by atoms with Crippen molar-refractivity contribution in [1.82, 2.24) is 0 Å². The summed E-state index contributed by atoms with van der Waals surface area (Å²) in [5.74, 6) is -0.338. The van der Waals surface area contributed by atoms with Gasteiger partial charge < -0.3 is 4.74 Å². The van der Waals surface area contributed by atoms with Crippen molar-refractivity contribution in [1.29, 1.82) is 0 Å². The fraction of sp³-hybridized carbons (Fsp3) is 0.231. The highest BCUT2D eigenvalue weighted by Gasteiger charge is 2.03. The lowest BCUT2D eigenvalue weighted by atomic mass is 10.1. The molecule has 0 N–H and O–H groups in total. The van der Waals surface area contributed by atoms with E-state index in [2.05, 4.69) is 4.74 Å². The summed E-state index contributed by atoms with van der Waals surface area (Å²) in [6.45, 7) is 1.48. The van der Waals surface area contributed by atoms with E-state index in [4.69, 9.17) is 11.6 Å². The minimum Gasteiger partial charge on any atom is -0.469 e. The van der Waals surface area contributed by atoms with Crippen molar-refractivity contribution < 1.29 is 14.3 Å². The number of hydrogen-bond donors (Lipinski definition) is 0. The monoisotopic (exact) mass is 252 g/mol. The molecule has 0 aliphatic heterocycles. The Labute approximate surface area is 105 Å². The number of halogens is 1. The number of carbonyl (C=O) groups is 2. The molecule has 0 aliphatic rings. The number of esters is 1. The molecule has 0 radical (unpaired) electrons. The topological polar surface area (TPSA) is 43.4 Å². The van der Waals surface area contributed by atoms with Gasteiger partial charge in [-0.05, 0) is 18.6 Å². The van der Waals surface area contributed by atoms with Crippen molar-refractivity contribution >= 4 is 29.4 Å². The molecule has 0 spiro atoms. The van der Waals surface area contributed by atoms with Crippen LogP contribution < -0.4 is 0 Å². The zero-order valence-electron chi connectivity index (χ0n) is 9.70. The molecule has 0 aliphatic carbocycles. The van der Waals surface area contributed by atoms with Gasteiger partial charge in [0.25, 0.3) is 0 Å². The second kappa shape index (κ2) is 6.21. The first-order valence-electron chi connectivity index (χ1n) is 5.08. The van der Waals surface area contributed by atoms with Gasteiger partial charge in [-0.25, -0.2) is 0 Å². The van der Waals surface area contributed by atoms with Crippen LogP contribution in [0.15, 0.2) is 24.3 Å². The van der Waals surface area contributed by atoms with Crippen LogP contribution in [0.3, 0.4) is 0 Å². The largest absolute Gasteiger partial charge is 0.469 e. The third-order valence-corrected chi connectivity index (χ3v) is 2.54. The Morgan fingerprint density at radius 2 is 2.12 bits per heavy atom. The highest BCUT2D eigenvalue weighted by atomic mass is 35.5. The standard InChI is InChI=1S/C13H13ClO3/c1-9(15)11-7-6-10(12(14)8-11)4-3-5-13(16)17-2/h3-4,6-8H,5H2,1-2H3. The maximum Gasteiger partial charge on any atom is 0.309 e. The number of ether oxygens (including phenoxy) is 1. The van der Waals surface area contributed by atoms with Crippen molar-refractivity contribution in [2.45, 2.75) is 13.3 Å². The van der Waals surface area contributed by atoms with Crippen LogP contribution in [-0.4, -0.2) is 18.9 Å². The molecular formula is C13H13ClO3. The van der Waals surface area contributed by atoms with Crippen LogP contribution in [0.5, 0.6) is 0 Å². The fourth-order valence-electron chi connectivity index (χ4n) is 1.25. The first-order chi connectivity index (χ1) is 8.04. The third-order valence-electron chi connectivity index (χ3n) is 2.22. The molecule has 1 aromatic carbocycles. The van der Waals surface area contributed by atoms with E-state index in [0.29, 0.717) is 10.6 Å². The summed E-state index contributed by atoms with van der Waals surface area (Å²) in [7, 11) is 1.34. The van der Waals surface area contributed by atoms with Gasteiger partial charge in [-0.2, -0.15) is 0 Å². The van der Waals surface area contributed by atoms with Gasteiger partial charge in [0, 0.05) is 10.6 Å². The van der Waals surface area contributed by atoms with E-state index in [1.165, 1.54) is 14.0 Å². The van der Waals surface area contributed by atoms with Crippen LogP contribution in [-0.2, 0) is 9.53 Å². The van der Waals surface area contributed by atoms with E-state index in [1.807, 2.05) is 0 Å². The van der Waals surface area contributed by atoms with Gasteiger partial charge in [0.15, 0.2) is 5.78 Å². The maximum absolute atomic E-state index is 11.1. The Kier molecular flexibility index (Phi) is 4.91. The predicted molar refractivity (Wildman–Crippen MR) is 67.1 cm³/mol. The number of ketones is 1. The molecule has 0 unspecified atom stereocenters. The Morgan fingerprint density at radius 3 is 2.65 bits per heavy atom. The predicted octanol–water partition coefficient (Wildman–Crippen LogP) is 3.12. The molecular weight excluding hydrogens is 240 g/mol. The van der Waals surface area contributed by atoms with Gasteiger partial charge in [-0.15, -0.1) is 0 Å². The molecule has 0 saturated carbocycles. The number of rotatable bonds is 4. The SMILES string of the molecule is COC(=O)CC=Cc1ccc(C(C)=O)cc1Cl. The number of benzene rings is 1. The normalized spacial score (nSPS) is 10.5. The van der Waals surface area contributed by atoms with Crippen molar-refractivity contribution in [3.63, 3.8) is 0 Å². The number of hydrogen-bond acceptors (Lipinski definition) is 3. The minimum atomic E-state index is -0.308. The molecule has 1 aromatic rings. The molecule has 0 amide bonds. The first-order valence-corrected chi connectivity index (χ1v) is 5.46. The average molecular weight is 253 g/mol. The van der Waals surface area contributed by atoms with Gasteiger partial charge in [0.2, 0.25) is 0 Å².